The van der Waals surface area contributed by atoms with Gasteiger partial charge in [-0.05, 0) is 38.1 Å². The third kappa shape index (κ3) is 5.09. The van der Waals surface area contributed by atoms with Crippen molar-refractivity contribution in [3.8, 4) is 0 Å². The summed E-state index contributed by atoms with van der Waals surface area (Å²) in [5.41, 5.74) is 2.60. The molecule has 0 bridgehead atoms. The summed E-state index contributed by atoms with van der Waals surface area (Å²) in [5, 5.41) is 4.37. The Morgan fingerprint density at radius 3 is 2.62 bits per heavy atom. The van der Waals surface area contributed by atoms with Crippen LogP contribution in [0.3, 0.4) is 0 Å². The zero-order chi connectivity index (χ0) is 22.7. The van der Waals surface area contributed by atoms with Gasteiger partial charge in [0.1, 0.15) is 5.00 Å². The lowest BCUT2D eigenvalue weighted by atomic mass is 10.0. The Hall–Kier alpha value is -2.13. The number of thiophene rings is 1. The lowest BCUT2D eigenvalue weighted by Crippen LogP contribution is -2.48. The number of carbonyl (C=O) groups is 2. The zero-order valence-corrected chi connectivity index (χ0v) is 20.1. The molecule has 0 spiro atoms. The molecule has 1 N–H and O–H groups in total. The van der Waals surface area contributed by atoms with Gasteiger partial charge in [0, 0.05) is 44.1 Å². The molecule has 2 aliphatic heterocycles. The number of rotatable bonds is 6. The van der Waals surface area contributed by atoms with Gasteiger partial charge in [0.05, 0.1) is 29.4 Å². The van der Waals surface area contributed by atoms with E-state index in [1.54, 1.807) is 6.92 Å². The number of esters is 1. The van der Waals surface area contributed by atoms with E-state index in [2.05, 4.69) is 27.1 Å². The van der Waals surface area contributed by atoms with E-state index in [1.165, 1.54) is 11.3 Å². The third-order valence-electron chi connectivity index (χ3n) is 5.91. The van der Waals surface area contributed by atoms with Gasteiger partial charge in [-0.1, -0.05) is 23.7 Å². The van der Waals surface area contributed by atoms with Crippen LogP contribution in [0.15, 0.2) is 24.3 Å². The molecule has 7 nitrogen and oxygen atoms in total. The number of hydrogen-bond donors (Lipinski definition) is 1. The van der Waals surface area contributed by atoms with Crippen LogP contribution >= 0.6 is 22.9 Å². The molecule has 1 fully saturated rings. The first-order valence-corrected chi connectivity index (χ1v) is 12.2. The van der Waals surface area contributed by atoms with Crippen molar-refractivity contribution in [3.05, 3.63) is 45.3 Å². The molecule has 2 aliphatic rings. The third-order valence-corrected chi connectivity index (χ3v) is 7.36. The fourth-order valence-electron chi connectivity index (χ4n) is 4.26. The number of likely N-dealkylation sites (N-methyl/N-ethyl adjacent to an activating group) is 1. The Morgan fingerprint density at radius 2 is 1.91 bits per heavy atom. The summed E-state index contributed by atoms with van der Waals surface area (Å²) in [7, 11) is 2.06. The minimum Gasteiger partial charge on any atom is -0.462 e. The van der Waals surface area contributed by atoms with Crippen LogP contribution in [0, 0.1) is 0 Å². The Bertz CT molecular complexity index is 988. The van der Waals surface area contributed by atoms with Crippen LogP contribution in [-0.4, -0.2) is 74.6 Å². The SMILES string of the molecule is CCOC(=O)c1c(NC(=O)CN2CCN(c3ccccc3Cl)CC2)sc2c1CCN(C)C2. The zero-order valence-electron chi connectivity index (χ0n) is 18.5. The van der Waals surface area contributed by atoms with Crippen LogP contribution in [-0.2, 0) is 22.5 Å². The molecule has 1 aromatic heterocycles. The van der Waals surface area contributed by atoms with Crippen LogP contribution < -0.4 is 10.2 Å². The normalized spacial score (nSPS) is 17.2. The van der Waals surface area contributed by atoms with Gasteiger partial charge in [-0.25, -0.2) is 4.79 Å². The molecule has 0 aliphatic carbocycles. The van der Waals surface area contributed by atoms with Crippen molar-refractivity contribution in [3.63, 3.8) is 0 Å². The van der Waals surface area contributed by atoms with Crippen LogP contribution in [0.25, 0.3) is 0 Å². The fourth-order valence-corrected chi connectivity index (χ4v) is 5.85. The molecule has 2 aromatic rings. The predicted octanol–water partition coefficient (Wildman–Crippen LogP) is 3.33. The number of anilines is 2. The van der Waals surface area contributed by atoms with E-state index in [-0.39, 0.29) is 11.9 Å². The number of halogens is 1. The van der Waals surface area contributed by atoms with Gasteiger partial charge in [-0.15, -0.1) is 11.3 Å². The Morgan fingerprint density at radius 1 is 1.16 bits per heavy atom. The highest BCUT2D eigenvalue weighted by Crippen LogP contribution is 2.37. The maximum Gasteiger partial charge on any atom is 0.341 e. The van der Waals surface area contributed by atoms with Crippen LogP contribution in [0.5, 0.6) is 0 Å². The monoisotopic (exact) mass is 476 g/mol. The van der Waals surface area contributed by atoms with Crippen molar-refractivity contribution >= 4 is 45.5 Å². The van der Waals surface area contributed by atoms with Crippen molar-refractivity contribution in [1.82, 2.24) is 9.80 Å². The second-order valence-corrected chi connectivity index (χ2v) is 9.69. The van der Waals surface area contributed by atoms with Crippen LogP contribution in [0.4, 0.5) is 10.7 Å². The van der Waals surface area contributed by atoms with E-state index >= 15 is 0 Å². The standard InChI is InChI=1S/C23H29ClN4O3S/c1-3-31-23(30)21-16-8-9-26(2)14-19(16)32-22(21)25-20(29)15-27-10-12-28(13-11-27)18-7-5-4-6-17(18)24/h4-7H,3,8-15H2,1-2H3,(H,25,29). The average Bonchev–Trinajstić information content (AvgIpc) is 3.11. The lowest BCUT2D eigenvalue weighted by molar-refractivity contribution is -0.117. The van der Waals surface area contributed by atoms with E-state index < -0.39 is 0 Å². The van der Waals surface area contributed by atoms with Crippen molar-refractivity contribution < 1.29 is 14.3 Å². The summed E-state index contributed by atoms with van der Waals surface area (Å²) in [4.78, 5) is 33.2. The number of nitrogens with zero attached hydrogens (tertiary/aromatic N) is 3. The number of ether oxygens (including phenoxy) is 1. The molecule has 1 aromatic carbocycles. The van der Waals surface area contributed by atoms with Crippen molar-refractivity contribution in [1.29, 1.82) is 0 Å². The fraction of sp³-hybridized carbons (Fsp3) is 0.478. The molecule has 0 radical (unpaired) electrons. The van der Waals surface area contributed by atoms with Gasteiger partial charge < -0.3 is 19.9 Å². The number of benzene rings is 1. The van der Waals surface area contributed by atoms with Crippen molar-refractivity contribution in [2.75, 3.05) is 63.1 Å². The number of nitrogens with one attached hydrogen (secondary N) is 1. The minimum atomic E-state index is -0.349. The number of amides is 1. The highest BCUT2D eigenvalue weighted by Gasteiger charge is 2.29. The molecule has 1 saturated heterocycles. The molecule has 3 heterocycles. The molecular weight excluding hydrogens is 448 g/mol. The molecule has 1 amide bonds. The van der Waals surface area contributed by atoms with Crippen LogP contribution in [0.2, 0.25) is 5.02 Å². The molecule has 32 heavy (non-hydrogen) atoms. The van der Waals surface area contributed by atoms with Crippen molar-refractivity contribution in [2.45, 2.75) is 19.9 Å². The molecule has 9 heteroatoms. The second kappa shape index (κ2) is 10.2. The number of para-hydroxylation sites is 1. The highest BCUT2D eigenvalue weighted by molar-refractivity contribution is 7.17. The van der Waals surface area contributed by atoms with Gasteiger partial charge in [-0.3, -0.25) is 9.69 Å². The molecule has 0 saturated carbocycles. The van der Waals surface area contributed by atoms with E-state index in [0.29, 0.717) is 23.7 Å². The maximum absolute atomic E-state index is 12.9. The van der Waals surface area contributed by atoms with E-state index in [9.17, 15) is 9.59 Å². The lowest BCUT2D eigenvalue weighted by Gasteiger charge is -2.36. The summed E-state index contributed by atoms with van der Waals surface area (Å²) in [5.74, 6) is -0.452. The van der Waals surface area contributed by atoms with Crippen molar-refractivity contribution in [2.24, 2.45) is 0 Å². The van der Waals surface area contributed by atoms with Gasteiger partial charge >= 0.3 is 5.97 Å². The quantitative estimate of drug-likeness (QED) is 0.645. The summed E-state index contributed by atoms with van der Waals surface area (Å²) in [6, 6.07) is 7.84. The minimum absolute atomic E-state index is 0.103. The number of fused-ring (bicyclic) bond motifs is 1. The van der Waals surface area contributed by atoms with Gasteiger partial charge in [0.25, 0.3) is 0 Å². The second-order valence-electron chi connectivity index (χ2n) is 8.18. The van der Waals surface area contributed by atoms with E-state index in [0.717, 1.165) is 66.8 Å². The van der Waals surface area contributed by atoms with E-state index in [1.807, 2.05) is 24.3 Å². The van der Waals surface area contributed by atoms with Crippen LogP contribution in [0.1, 0.15) is 27.7 Å². The van der Waals surface area contributed by atoms with Gasteiger partial charge in [-0.2, -0.15) is 0 Å². The summed E-state index contributed by atoms with van der Waals surface area (Å²) in [6.07, 6.45) is 0.788. The largest absolute Gasteiger partial charge is 0.462 e. The summed E-state index contributed by atoms with van der Waals surface area (Å²) < 4.78 is 5.29. The van der Waals surface area contributed by atoms with Gasteiger partial charge in [0.15, 0.2) is 0 Å². The molecular formula is C23H29ClN4O3S. The first-order chi connectivity index (χ1) is 15.5. The summed E-state index contributed by atoms with van der Waals surface area (Å²) >= 11 is 7.82. The Labute approximate surface area is 197 Å². The Balaban J connectivity index is 1.39. The predicted molar refractivity (Wildman–Crippen MR) is 129 cm³/mol. The first kappa shape index (κ1) is 23.0. The first-order valence-electron chi connectivity index (χ1n) is 11.0. The van der Waals surface area contributed by atoms with E-state index in [4.69, 9.17) is 16.3 Å². The van der Waals surface area contributed by atoms with Gasteiger partial charge in [0.2, 0.25) is 5.91 Å². The molecule has 4 rings (SSSR count). The summed E-state index contributed by atoms with van der Waals surface area (Å²) in [6.45, 7) is 7.24. The smallest absolute Gasteiger partial charge is 0.341 e. The number of hydrogen-bond acceptors (Lipinski definition) is 7. The average molecular weight is 477 g/mol. The Kier molecular flexibility index (Phi) is 7.35. The molecule has 0 unspecified atom stereocenters. The molecule has 0 atom stereocenters. The highest BCUT2D eigenvalue weighted by atomic mass is 35.5. The number of carbonyl (C=O) groups excluding carboxylic acids is 2. The molecule has 172 valence electrons. The topological polar surface area (TPSA) is 65.1 Å². The maximum atomic E-state index is 12.9. The number of piperazine rings is 1.